The van der Waals surface area contributed by atoms with Crippen molar-refractivity contribution in [1.29, 1.82) is 0 Å². The van der Waals surface area contributed by atoms with Gasteiger partial charge in [0.25, 0.3) is 11.8 Å². The molecule has 7 heteroatoms. The van der Waals surface area contributed by atoms with Crippen molar-refractivity contribution >= 4 is 5.95 Å². The molecule has 0 saturated carbocycles. The van der Waals surface area contributed by atoms with Crippen LogP contribution in [0.25, 0.3) is 11.5 Å². The van der Waals surface area contributed by atoms with Crippen LogP contribution in [0.1, 0.15) is 0 Å². The van der Waals surface area contributed by atoms with Crippen molar-refractivity contribution in [2.75, 3.05) is 58.3 Å². The van der Waals surface area contributed by atoms with Crippen molar-refractivity contribution in [1.82, 2.24) is 19.9 Å². The minimum atomic E-state index is -0.447. The molecule has 1 aromatic carbocycles. The Bertz CT molecular complexity index is 625. The summed E-state index contributed by atoms with van der Waals surface area (Å²) in [6, 6.07) is 9.67. The fraction of sp³-hybridized carbons (Fsp3) is 0.529. The predicted molar refractivity (Wildman–Crippen MR) is 92.9 cm³/mol. The van der Waals surface area contributed by atoms with E-state index in [1.54, 1.807) is 0 Å². The number of anilines is 1. The van der Waals surface area contributed by atoms with Gasteiger partial charge in [0.15, 0.2) is 0 Å². The second kappa shape index (κ2) is 7.74. The predicted octanol–water partition coefficient (Wildman–Crippen LogP) is 0.781. The smallest absolute Gasteiger partial charge is 0.266 e. The summed E-state index contributed by atoms with van der Waals surface area (Å²) in [4.78, 5) is 10.8. The van der Waals surface area contributed by atoms with Gasteiger partial charge in [0, 0.05) is 51.9 Å². The number of likely N-dealkylation sites (N-methyl/N-ethyl adjacent to an activating group) is 2. The monoisotopic (exact) mass is 331 g/mol. The minimum Gasteiger partial charge on any atom is -0.390 e. The third-order valence-corrected chi connectivity index (χ3v) is 4.33. The molecule has 1 N–H and O–H groups in total. The summed E-state index contributed by atoms with van der Waals surface area (Å²) in [5.74, 6) is 0.984. The van der Waals surface area contributed by atoms with Crippen molar-refractivity contribution in [3.8, 4) is 11.5 Å². The van der Waals surface area contributed by atoms with Crippen LogP contribution in [-0.2, 0) is 0 Å². The van der Waals surface area contributed by atoms with Crippen LogP contribution in [0.4, 0.5) is 5.95 Å². The third-order valence-electron chi connectivity index (χ3n) is 4.33. The lowest BCUT2D eigenvalue weighted by molar-refractivity contribution is 0.0841. The van der Waals surface area contributed by atoms with Gasteiger partial charge >= 0.3 is 0 Å². The highest BCUT2D eigenvalue weighted by atomic mass is 16.5. The van der Waals surface area contributed by atoms with Gasteiger partial charge in [-0.25, -0.2) is 0 Å². The van der Waals surface area contributed by atoms with Crippen LogP contribution in [0.3, 0.4) is 0 Å². The molecular weight excluding hydrogens is 306 g/mol. The summed E-state index contributed by atoms with van der Waals surface area (Å²) in [6.45, 7) is 5.23. The van der Waals surface area contributed by atoms with E-state index in [2.05, 4.69) is 27.0 Å². The fourth-order valence-corrected chi connectivity index (χ4v) is 2.85. The molecule has 1 fully saturated rings. The molecule has 0 radical (unpaired) electrons. The topological polar surface area (TPSA) is 68.9 Å². The Morgan fingerprint density at radius 1 is 1.21 bits per heavy atom. The quantitative estimate of drug-likeness (QED) is 0.839. The number of rotatable bonds is 6. The van der Waals surface area contributed by atoms with Crippen molar-refractivity contribution < 1.29 is 9.63 Å². The lowest BCUT2D eigenvalue weighted by Gasteiger charge is -2.34. The molecule has 24 heavy (non-hydrogen) atoms. The summed E-state index contributed by atoms with van der Waals surface area (Å²) in [7, 11) is 3.99. The standard InChI is InChI=1S/C17H25N5O2/c1-20-8-10-22(11-9-20)13-15(23)12-21(2)17-18-16(24-19-17)14-6-4-3-5-7-14/h3-7,15,23H,8-13H2,1-2H3/t15-/m1/s1. The van der Waals surface area contributed by atoms with Crippen LogP contribution in [0.15, 0.2) is 34.9 Å². The Morgan fingerprint density at radius 2 is 1.92 bits per heavy atom. The Labute approximate surface area is 142 Å². The van der Waals surface area contributed by atoms with Gasteiger partial charge < -0.3 is 19.4 Å². The fourth-order valence-electron chi connectivity index (χ4n) is 2.85. The van der Waals surface area contributed by atoms with Crippen LogP contribution in [-0.4, -0.2) is 84.5 Å². The van der Waals surface area contributed by atoms with Gasteiger partial charge in [0.1, 0.15) is 0 Å². The van der Waals surface area contributed by atoms with E-state index >= 15 is 0 Å². The van der Waals surface area contributed by atoms with E-state index in [0.717, 1.165) is 31.7 Å². The number of aromatic nitrogens is 2. The molecule has 1 aromatic heterocycles. The minimum absolute atomic E-state index is 0.447. The highest BCUT2D eigenvalue weighted by molar-refractivity contribution is 5.53. The van der Waals surface area contributed by atoms with Crippen molar-refractivity contribution in [2.24, 2.45) is 0 Å². The Balaban J connectivity index is 1.53. The van der Waals surface area contributed by atoms with Gasteiger partial charge in [-0.2, -0.15) is 4.98 Å². The molecule has 130 valence electrons. The Morgan fingerprint density at radius 3 is 2.62 bits per heavy atom. The van der Waals surface area contributed by atoms with Crippen molar-refractivity contribution in [3.05, 3.63) is 30.3 Å². The van der Waals surface area contributed by atoms with E-state index in [1.807, 2.05) is 42.3 Å². The van der Waals surface area contributed by atoms with Crippen LogP contribution < -0.4 is 4.90 Å². The van der Waals surface area contributed by atoms with Crippen molar-refractivity contribution in [2.45, 2.75) is 6.10 Å². The van der Waals surface area contributed by atoms with Gasteiger partial charge in [-0.15, -0.1) is 0 Å². The van der Waals surface area contributed by atoms with Crippen LogP contribution >= 0.6 is 0 Å². The molecule has 2 aromatic rings. The molecule has 1 atom stereocenters. The molecular formula is C17H25N5O2. The molecule has 2 heterocycles. The summed E-state index contributed by atoms with van der Waals surface area (Å²) in [5.41, 5.74) is 0.891. The number of hydrogen-bond acceptors (Lipinski definition) is 7. The summed E-state index contributed by atoms with van der Waals surface area (Å²) < 4.78 is 5.31. The van der Waals surface area contributed by atoms with Gasteiger partial charge in [0.05, 0.1) is 6.10 Å². The first kappa shape index (κ1) is 16.9. The van der Waals surface area contributed by atoms with E-state index < -0.39 is 6.10 Å². The largest absolute Gasteiger partial charge is 0.390 e. The van der Waals surface area contributed by atoms with Gasteiger partial charge in [0.2, 0.25) is 0 Å². The second-order valence-electron chi connectivity index (χ2n) is 6.40. The number of nitrogens with zero attached hydrogens (tertiary/aromatic N) is 5. The maximum atomic E-state index is 10.3. The third kappa shape index (κ3) is 4.31. The van der Waals surface area contributed by atoms with E-state index in [9.17, 15) is 5.11 Å². The number of β-amino-alcohol motifs (C(OH)–C–C–N with tert-alkyl or cyclic N) is 1. The summed E-state index contributed by atoms with van der Waals surface area (Å²) >= 11 is 0. The Kier molecular flexibility index (Phi) is 5.44. The first-order chi connectivity index (χ1) is 11.6. The van der Waals surface area contributed by atoms with Crippen LogP contribution in [0, 0.1) is 0 Å². The highest BCUT2D eigenvalue weighted by Crippen LogP contribution is 2.19. The maximum absolute atomic E-state index is 10.3. The lowest BCUT2D eigenvalue weighted by Crippen LogP contribution is -2.48. The second-order valence-corrected chi connectivity index (χ2v) is 6.40. The van der Waals surface area contributed by atoms with Gasteiger partial charge in [-0.05, 0) is 24.3 Å². The van der Waals surface area contributed by atoms with Gasteiger partial charge in [-0.1, -0.05) is 18.2 Å². The average molecular weight is 331 g/mol. The zero-order valence-electron chi connectivity index (χ0n) is 14.3. The Hall–Kier alpha value is -1.96. The number of hydrogen-bond donors (Lipinski definition) is 1. The molecule has 0 spiro atoms. The van der Waals surface area contributed by atoms with Gasteiger partial charge in [-0.3, -0.25) is 4.90 Å². The number of aliphatic hydroxyl groups excluding tert-OH is 1. The number of benzene rings is 1. The summed E-state index contributed by atoms with van der Waals surface area (Å²) in [6.07, 6.45) is -0.447. The normalized spacial score (nSPS) is 17.8. The molecule has 0 unspecified atom stereocenters. The van der Waals surface area contributed by atoms with E-state index in [0.29, 0.717) is 24.9 Å². The lowest BCUT2D eigenvalue weighted by atomic mass is 10.2. The van der Waals surface area contributed by atoms with E-state index in [-0.39, 0.29) is 0 Å². The van der Waals surface area contributed by atoms with E-state index in [1.165, 1.54) is 0 Å². The molecule has 1 aliphatic rings. The molecule has 0 amide bonds. The van der Waals surface area contributed by atoms with Crippen LogP contribution in [0.2, 0.25) is 0 Å². The number of piperazine rings is 1. The van der Waals surface area contributed by atoms with E-state index in [4.69, 9.17) is 4.52 Å². The first-order valence-corrected chi connectivity index (χ1v) is 8.31. The highest BCUT2D eigenvalue weighted by Gasteiger charge is 2.20. The molecule has 7 nitrogen and oxygen atoms in total. The molecule has 1 aliphatic heterocycles. The molecule has 1 saturated heterocycles. The maximum Gasteiger partial charge on any atom is 0.266 e. The van der Waals surface area contributed by atoms with Crippen LogP contribution in [0.5, 0.6) is 0 Å². The van der Waals surface area contributed by atoms with Crippen molar-refractivity contribution in [3.63, 3.8) is 0 Å². The SMILES string of the molecule is CN1CCN(C[C@H](O)CN(C)c2noc(-c3ccccc3)n2)CC1. The number of aliphatic hydroxyl groups is 1. The average Bonchev–Trinajstić information content (AvgIpc) is 3.08. The first-order valence-electron chi connectivity index (χ1n) is 8.31. The molecule has 3 rings (SSSR count). The zero-order valence-corrected chi connectivity index (χ0v) is 14.3. The molecule has 0 aliphatic carbocycles. The summed E-state index contributed by atoms with van der Waals surface area (Å²) in [5, 5.41) is 14.4. The zero-order chi connectivity index (χ0) is 16.9. The molecule has 0 bridgehead atoms.